The molecule has 5 heteroatoms. The van der Waals surface area contributed by atoms with Gasteiger partial charge in [-0.25, -0.2) is 0 Å². The van der Waals surface area contributed by atoms with Crippen molar-refractivity contribution in [3.8, 4) is 0 Å². The first-order valence-electron chi connectivity index (χ1n) is 3.10. The number of methoxy groups -OCH3 is 1. The molecular formula is C7H6BrClO2S. The summed E-state index contributed by atoms with van der Waals surface area (Å²) in [5.41, 5.74) is 0.758. The summed E-state index contributed by atoms with van der Waals surface area (Å²) in [7, 11) is 1.32. The van der Waals surface area contributed by atoms with Gasteiger partial charge in [-0.15, -0.1) is 11.6 Å². The van der Waals surface area contributed by atoms with Crippen molar-refractivity contribution in [2.45, 2.75) is 5.38 Å². The predicted octanol–water partition coefficient (Wildman–Crippen LogP) is 2.96. The van der Waals surface area contributed by atoms with E-state index in [0.717, 1.165) is 10.0 Å². The van der Waals surface area contributed by atoms with Crippen molar-refractivity contribution in [2.75, 3.05) is 7.11 Å². The lowest BCUT2D eigenvalue weighted by Gasteiger charge is -2.04. The third-order valence-electron chi connectivity index (χ3n) is 1.32. The fourth-order valence-electron chi connectivity index (χ4n) is 0.703. The summed E-state index contributed by atoms with van der Waals surface area (Å²) in [5.74, 6) is -0.434. The molecule has 0 N–H and O–H groups in total. The van der Waals surface area contributed by atoms with Crippen LogP contribution in [0.3, 0.4) is 0 Å². The summed E-state index contributed by atoms with van der Waals surface area (Å²) < 4.78 is 5.35. The van der Waals surface area contributed by atoms with Gasteiger partial charge in [0.15, 0.2) is 5.38 Å². The molecule has 1 atom stereocenters. The van der Waals surface area contributed by atoms with Crippen LogP contribution in [-0.4, -0.2) is 13.1 Å². The number of ether oxygens (including phenoxy) is 1. The highest BCUT2D eigenvalue weighted by atomic mass is 79.9. The zero-order chi connectivity index (χ0) is 9.14. The number of rotatable bonds is 2. The van der Waals surface area contributed by atoms with E-state index < -0.39 is 11.3 Å². The van der Waals surface area contributed by atoms with Crippen molar-refractivity contribution >= 4 is 44.8 Å². The standard InChI is InChI=1S/C7H6BrClO2S/c1-11-7(10)6(9)4-2-12-3-5(4)8/h2-3,6H,1H3. The van der Waals surface area contributed by atoms with E-state index in [9.17, 15) is 4.79 Å². The van der Waals surface area contributed by atoms with Gasteiger partial charge in [0, 0.05) is 15.4 Å². The van der Waals surface area contributed by atoms with E-state index in [-0.39, 0.29) is 0 Å². The van der Waals surface area contributed by atoms with Gasteiger partial charge >= 0.3 is 5.97 Å². The van der Waals surface area contributed by atoms with Crippen LogP contribution in [0.2, 0.25) is 0 Å². The van der Waals surface area contributed by atoms with Crippen LogP contribution in [0.25, 0.3) is 0 Å². The largest absolute Gasteiger partial charge is 0.468 e. The molecule has 1 rings (SSSR count). The smallest absolute Gasteiger partial charge is 0.328 e. The van der Waals surface area contributed by atoms with E-state index >= 15 is 0 Å². The van der Waals surface area contributed by atoms with E-state index in [1.54, 1.807) is 0 Å². The Bertz CT molecular complexity index is 287. The van der Waals surface area contributed by atoms with Crippen molar-refractivity contribution in [3.05, 3.63) is 20.8 Å². The number of carbonyl (C=O) groups is 1. The van der Waals surface area contributed by atoms with Crippen molar-refractivity contribution in [1.82, 2.24) is 0 Å². The molecule has 0 saturated carbocycles. The molecule has 0 radical (unpaired) electrons. The van der Waals surface area contributed by atoms with Gasteiger partial charge in [0.1, 0.15) is 0 Å². The molecule has 0 bridgehead atoms. The van der Waals surface area contributed by atoms with Crippen LogP contribution < -0.4 is 0 Å². The molecule has 1 aromatic rings. The lowest BCUT2D eigenvalue weighted by molar-refractivity contribution is -0.140. The molecule has 0 aliphatic carbocycles. The molecule has 1 heterocycles. The molecular weight excluding hydrogens is 263 g/mol. The number of alkyl halides is 1. The monoisotopic (exact) mass is 268 g/mol. The summed E-state index contributed by atoms with van der Waals surface area (Å²) in [6, 6.07) is 0. The summed E-state index contributed by atoms with van der Waals surface area (Å²) in [5, 5.41) is 2.97. The Hall–Kier alpha value is -0.0600. The Balaban J connectivity index is 2.84. The van der Waals surface area contributed by atoms with Crippen molar-refractivity contribution < 1.29 is 9.53 Å². The predicted molar refractivity (Wildman–Crippen MR) is 52.6 cm³/mol. The van der Waals surface area contributed by atoms with E-state index in [4.69, 9.17) is 11.6 Å². The third kappa shape index (κ3) is 2.00. The molecule has 0 fully saturated rings. The number of thiophene rings is 1. The molecule has 1 unspecified atom stereocenters. The second-order valence-corrected chi connectivity index (χ2v) is 4.10. The number of hydrogen-bond donors (Lipinski definition) is 0. The Morgan fingerprint density at radius 3 is 2.83 bits per heavy atom. The maximum atomic E-state index is 11.0. The lowest BCUT2D eigenvalue weighted by atomic mass is 10.2. The number of hydrogen-bond acceptors (Lipinski definition) is 3. The summed E-state index contributed by atoms with van der Waals surface area (Å²) in [6.07, 6.45) is 0. The van der Waals surface area contributed by atoms with Crippen molar-refractivity contribution in [1.29, 1.82) is 0 Å². The first kappa shape index (κ1) is 10.0. The zero-order valence-electron chi connectivity index (χ0n) is 6.21. The molecule has 0 saturated heterocycles. The first-order chi connectivity index (χ1) is 5.66. The molecule has 1 aromatic heterocycles. The Morgan fingerprint density at radius 2 is 2.42 bits per heavy atom. The van der Waals surface area contributed by atoms with Gasteiger partial charge in [-0.3, -0.25) is 4.79 Å². The van der Waals surface area contributed by atoms with Crippen LogP contribution in [-0.2, 0) is 9.53 Å². The second-order valence-electron chi connectivity index (χ2n) is 2.06. The molecule has 0 spiro atoms. The van der Waals surface area contributed by atoms with Gasteiger partial charge < -0.3 is 4.74 Å². The molecule has 0 aliphatic rings. The Kier molecular flexibility index (Phi) is 3.55. The van der Waals surface area contributed by atoms with Crippen molar-refractivity contribution in [2.24, 2.45) is 0 Å². The highest BCUT2D eigenvalue weighted by Crippen LogP contribution is 2.31. The quantitative estimate of drug-likeness (QED) is 0.609. The molecule has 0 aromatic carbocycles. The van der Waals surface area contributed by atoms with Crippen LogP contribution in [0.5, 0.6) is 0 Å². The number of esters is 1. The highest BCUT2D eigenvalue weighted by Gasteiger charge is 2.20. The van der Waals surface area contributed by atoms with Crippen LogP contribution in [0, 0.1) is 0 Å². The van der Waals surface area contributed by atoms with Crippen LogP contribution in [0.15, 0.2) is 15.2 Å². The van der Waals surface area contributed by atoms with E-state index in [0.29, 0.717) is 0 Å². The normalized spacial score (nSPS) is 12.6. The average molecular weight is 270 g/mol. The third-order valence-corrected chi connectivity index (χ3v) is 3.49. The van der Waals surface area contributed by atoms with Gasteiger partial charge in [0.2, 0.25) is 0 Å². The van der Waals surface area contributed by atoms with Gasteiger partial charge in [0.25, 0.3) is 0 Å². The SMILES string of the molecule is COC(=O)C(Cl)c1cscc1Br. The van der Waals surface area contributed by atoms with E-state index in [1.165, 1.54) is 18.4 Å². The topological polar surface area (TPSA) is 26.3 Å². The minimum atomic E-state index is -0.712. The molecule has 66 valence electrons. The fraction of sp³-hybridized carbons (Fsp3) is 0.286. The van der Waals surface area contributed by atoms with Crippen LogP contribution >= 0.6 is 38.9 Å². The number of halogens is 2. The van der Waals surface area contributed by atoms with E-state index in [2.05, 4.69) is 20.7 Å². The van der Waals surface area contributed by atoms with Gasteiger partial charge in [0.05, 0.1) is 7.11 Å². The van der Waals surface area contributed by atoms with E-state index in [1.807, 2.05) is 10.8 Å². The van der Waals surface area contributed by atoms with Crippen LogP contribution in [0.4, 0.5) is 0 Å². The average Bonchev–Trinajstić information content (AvgIpc) is 2.48. The maximum absolute atomic E-state index is 11.0. The first-order valence-corrected chi connectivity index (χ1v) is 5.27. The summed E-state index contributed by atoms with van der Waals surface area (Å²) >= 11 is 10.6. The maximum Gasteiger partial charge on any atom is 0.328 e. The second kappa shape index (κ2) is 4.25. The van der Waals surface area contributed by atoms with Crippen LogP contribution in [0.1, 0.15) is 10.9 Å². The molecule has 0 amide bonds. The number of carbonyl (C=O) groups excluding carboxylic acids is 1. The fourth-order valence-corrected chi connectivity index (χ4v) is 2.73. The highest BCUT2D eigenvalue weighted by molar-refractivity contribution is 9.10. The van der Waals surface area contributed by atoms with Crippen molar-refractivity contribution in [3.63, 3.8) is 0 Å². The minimum Gasteiger partial charge on any atom is -0.468 e. The van der Waals surface area contributed by atoms with Gasteiger partial charge in [-0.1, -0.05) is 0 Å². The van der Waals surface area contributed by atoms with Gasteiger partial charge in [-0.2, -0.15) is 11.3 Å². The Morgan fingerprint density at radius 1 is 1.75 bits per heavy atom. The summed E-state index contributed by atoms with van der Waals surface area (Å²) in [4.78, 5) is 11.0. The minimum absolute atomic E-state index is 0.434. The molecule has 0 aliphatic heterocycles. The molecule has 12 heavy (non-hydrogen) atoms. The lowest BCUT2D eigenvalue weighted by Crippen LogP contribution is -2.07. The zero-order valence-corrected chi connectivity index (χ0v) is 9.37. The molecule has 2 nitrogen and oxygen atoms in total. The summed E-state index contributed by atoms with van der Waals surface area (Å²) in [6.45, 7) is 0. The Labute approximate surface area is 87.6 Å². The van der Waals surface area contributed by atoms with Gasteiger partial charge in [-0.05, 0) is 21.3 Å².